The van der Waals surface area contributed by atoms with Crippen LogP contribution in [-0.4, -0.2) is 23.2 Å². The van der Waals surface area contributed by atoms with Crippen LogP contribution >= 0.6 is 0 Å². The van der Waals surface area contributed by atoms with Crippen LogP contribution in [0, 0.1) is 6.92 Å². The van der Waals surface area contributed by atoms with Crippen LogP contribution in [-0.2, 0) is 6.42 Å². The number of benzene rings is 1. The molecule has 27 heavy (non-hydrogen) atoms. The lowest BCUT2D eigenvalue weighted by Crippen LogP contribution is -2.38. The van der Waals surface area contributed by atoms with Gasteiger partial charge in [0.1, 0.15) is 11.5 Å². The standard InChI is InChI=1S/C24H27NO2/c1-7-8-9-15(2)22-12-19-10-17(4)24(27-6)13-20(19)23-11-16(3)21(18(5)26)14-25(22)23/h7-11,13-14,22,26H,3,5,12H2,1-2,4,6H3/b8-7-,15-9+. The van der Waals surface area contributed by atoms with Gasteiger partial charge in [-0.15, -0.1) is 0 Å². The third-order valence-electron chi connectivity index (χ3n) is 5.24. The van der Waals surface area contributed by atoms with Crippen molar-refractivity contribution in [2.24, 2.45) is 0 Å². The van der Waals surface area contributed by atoms with Gasteiger partial charge in [-0.05, 0) is 56.0 Å². The Bertz CT molecular complexity index is 928. The van der Waals surface area contributed by atoms with Gasteiger partial charge in [-0.1, -0.05) is 43.0 Å². The summed E-state index contributed by atoms with van der Waals surface area (Å²) in [6.07, 6.45) is 11.1. The molecule has 1 unspecified atom stereocenters. The number of nitrogens with zero attached hydrogens (tertiary/aromatic N) is 1. The van der Waals surface area contributed by atoms with E-state index < -0.39 is 0 Å². The highest BCUT2D eigenvalue weighted by Gasteiger charge is 2.33. The number of allylic oxidation sites excluding steroid dienone is 5. The molecule has 1 atom stereocenters. The van der Waals surface area contributed by atoms with Crippen LogP contribution in [0.4, 0.5) is 0 Å². The molecule has 1 aromatic carbocycles. The number of hydrogen-bond acceptors (Lipinski definition) is 3. The Morgan fingerprint density at radius 1 is 1.37 bits per heavy atom. The van der Waals surface area contributed by atoms with Gasteiger partial charge in [-0.2, -0.15) is 0 Å². The molecule has 2 aliphatic rings. The molecule has 2 aliphatic heterocycles. The Morgan fingerprint density at radius 3 is 2.74 bits per heavy atom. The Morgan fingerprint density at radius 2 is 2.11 bits per heavy atom. The van der Waals surface area contributed by atoms with Gasteiger partial charge in [-0.3, -0.25) is 0 Å². The zero-order valence-corrected chi connectivity index (χ0v) is 16.5. The molecule has 0 radical (unpaired) electrons. The first kappa shape index (κ1) is 18.8. The van der Waals surface area contributed by atoms with Crippen molar-refractivity contribution in [3.63, 3.8) is 0 Å². The third-order valence-corrected chi connectivity index (χ3v) is 5.24. The summed E-state index contributed by atoms with van der Waals surface area (Å²) in [6.45, 7) is 14.0. The molecule has 0 saturated heterocycles. The number of rotatable bonds is 4. The van der Waals surface area contributed by atoms with Crippen molar-refractivity contribution in [2.45, 2.75) is 33.2 Å². The van der Waals surface area contributed by atoms with E-state index in [-0.39, 0.29) is 11.8 Å². The SMILES string of the molecule is C=C(O)C1=CN2C(=CC1=C)c1cc(OC)c(C)cc1CC2/C(C)=C/C=C\C. The predicted octanol–water partition coefficient (Wildman–Crippen LogP) is 5.62. The fraction of sp³-hybridized carbons (Fsp3) is 0.250. The quantitative estimate of drug-likeness (QED) is 0.558. The van der Waals surface area contributed by atoms with Crippen molar-refractivity contribution in [3.8, 4) is 5.75 Å². The maximum Gasteiger partial charge on any atom is 0.122 e. The number of ether oxygens (including phenoxy) is 1. The Labute approximate surface area is 162 Å². The molecular weight excluding hydrogens is 334 g/mol. The molecule has 3 heteroatoms. The number of fused-ring (bicyclic) bond motifs is 3. The van der Waals surface area contributed by atoms with Crippen molar-refractivity contribution in [2.75, 3.05) is 7.11 Å². The summed E-state index contributed by atoms with van der Waals surface area (Å²) in [7, 11) is 1.70. The van der Waals surface area contributed by atoms with Crippen LogP contribution in [0.5, 0.6) is 5.75 Å². The molecule has 0 bridgehead atoms. The van der Waals surface area contributed by atoms with Crippen LogP contribution in [0.1, 0.15) is 30.5 Å². The van der Waals surface area contributed by atoms with Gasteiger partial charge in [0.05, 0.1) is 13.2 Å². The van der Waals surface area contributed by atoms with Gasteiger partial charge in [-0.25, -0.2) is 0 Å². The first-order valence-electron chi connectivity index (χ1n) is 9.14. The van der Waals surface area contributed by atoms with Crippen LogP contribution in [0.2, 0.25) is 0 Å². The second-order valence-corrected chi connectivity index (χ2v) is 7.09. The van der Waals surface area contributed by atoms with Crippen molar-refractivity contribution < 1.29 is 9.84 Å². The van der Waals surface area contributed by atoms with E-state index in [0.29, 0.717) is 5.57 Å². The topological polar surface area (TPSA) is 32.7 Å². The fourth-order valence-corrected chi connectivity index (χ4v) is 3.76. The first-order chi connectivity index (χ1) is 12.9. The van der Waals surface area contributed by atoms with E-state index >= 15 is 0 Å². The van der Waals surface area contributed by atoms with Crippen LogP contribution < -0.4 is 4.74 Å². The minimum atomic E-state index is 0.0384. The zero-order chi connectivity index (χ0) is 19.7. The molecule has 1 N–H and O–H groups in total. The van der Waals surface area contributed by atoms with Gasteiger partial charge in [0, 0.05) is 23.0 Å². The van der Waals surface area contributed by atoms with E-state index in [1.165, 1.54) is 11.1 Å². The molecule has 3 nitrogen and oxygen atoms in total. The lowest BCUT2D eigenvalue weighted by molar-refractivity contribution is 0.388. The van der Waals surface area contributed by atoms with Crippen LogP contribution in [0.25, 0.3) is 5.70 Å². The fourth-order valence-electron chi connectivity index (χ4n) is 3.76. The summed E-state index contributed by atoms with van der Waals surface area (Å²) in [5.74, 6) is 0.914. The van der Waals surface area contributed by atoms with Gasteiger partial charge >= 0.3 is 0 Å². The number of aliphatic hydroxyl groups is 1. The molecule has 0 fully saturated rings. The lowest BCUT2D eigenvalue weighted by atomic mass is 9.84. The smallest absolute Gasteiger partial charge is 0.122 e. The summed E-state index contributed by atoms with van der Waals surface area (Å²) >= 11 is 0. The average molecular weight is 361 g/mol. The Hall–Kier alpha value is -2.94. The number of hydrogen-bond donors (Lipinski definition) is 1. The first-order valence-corrected chi connectivity index (χ1v) is 9.14. The van der Waals surface area contributed by atoms with E-state index in [1.54, 1.807) is 7.11 Å². The molecule has 0 spiro atoms. The Kier molecular flexibility index (Phi) is 5.13. The highest BCUT2D eigenvalue weighted by molar-refractivity contribution is 5.78. The number of aliphatic hydroxyl groups excluding tert-OH is 1. The molecule has 2 heterocycles. The maximum absolute atomic E-state index is 9.99. The predicted molar refractivity (Wildman–Crippen MR) is 113 cm³/mol. The van der Waals surface area contributed by atoms with E-state index in [4.69, 9.17) is 4.74 Å². The van der Waals surface area contributed by atoms with Crippen molar-refractivity contribution >= 4 is 5.70 Å². The normalized spacial score (nSPS) is 19.4. The van der Waals surface area contributed by atoms with E-state index in [1.807, 2.05) is 25.3 Å². The lowest BCUT2D eigenvalue weighted by Gasteiger charge is -2.41. The average Bonchev–Trinajstić information content (AvgIpc) is 2.64. The second-order valence-electron chi connectivity index (χ2n) is 7.09. The van der Waals surface area contributed by atoms with Crippen LogP contribution in [0.3, 0.4) is 0 Å². The highest BCUT2D eigenvalue weighted by Crippen LogP contribution is 2.42. The third kappa shape index (κ3) is 3.37. The molecule has 140 valence electrons. The monoisotopic (exact) mass is 361 g/mol. The van der Waals surface area contributed by atoms with Gasteiger partial charge < -0.3 is 14.7 Å². The number of methoxy groups -OCH3 is 1. The number of aryl methyl sites for hydroxylation is 1. The van der Waals surface area contributed by atoms with E-state index in [0.717, 1.165) is 34.6 Å². The van der Waals surface area contributed by atoms with Crippen LogP contribution in [0.15, 0.2) is 78.3 Å². The van der Waals surface area contributed by atoms with E-state index in [9.17, 15) is 5.11 Å². The van der Waals surface area contributed by atoms with Crippen molar-refractivity contribution in [3.05, 3.63) is 95.0 Å². The molecule has 0 saturated carbocycles. The summed E-state index contributed by atoms with van der Waals surface area (Å²) in [4.78, 5) is 2.22. The summed E-state index contributed by atoms with van der Waals surface area (Å²) < 4.78 is 5.55. The van der Waals surface area contributed by atoms with E-state index in [2.05, 4.69) is 56.2 Å². The zero-order valence-electron chi connectivity index (χ0n) is 16.5. The Balaban J connectivity index is 2.20. The van der Waals surface area contributed by atoms with Crippen molar-refractivity contribution in [1.82, 2.24) is 4.90 Å². The molecule has 3 rings (SSSR count). The minimum Gasteiger partial charge on any atom is -0.508 e. The molecule has 0 aliphatic carbocycles. The van der Waals surface area contributed by atoms with Crippen molar-refractivity contribution in [1.29, 1.82) is 0 Å². The van der Waals surface area contributed by atoms with Gasteiger partial charge in [0.25, 0.3) is 0 Å². The second kappa shape index (κ2) is 7.36. The van der Waals surface area contributed by atoms with Gasteiger partial charge in [0.2, 0.25) is 0 Å². The molecule has 1 aromatic rings. The minimum absolute atomic E-state index is 0.0384. The summed E-state index contributed by atoms with van der Waals surface area (Å²) in [6, 6.07) is 4.48. The molecule has 0 amide bonds. The molecular formula is C24H27NO2. The summed E-state index contributed by atoms with van der Waals surface area (Å²) in [5.41, 5.74) is 7.33. The largest absolute Gasteiger partial charge is 0.508 e. The maximum atomic E-state index is 9.99. The molecule has 0 aromatic heterocycles. The highest BCUT2D eigenvalue weighted by atomic mass is 16.5. The summed E-state index contributed by atoms with van der Waals surface area (Å²) in [5, 5.41) is 9.99. The van der Waals surface area contributed by atoms with Gasteiger partial charge in [0.15, 0.2) is 0 Å².